The lowest BCUT2D eigenvalue weighted by molar-refractivity contribution is 0.530. The Morgan fingerprint density at radius 2 is 1.67 bits per heavy atom. The minimum atomic E-state index is 0.411. The van der Waals surface area contributed by atoms with E-state index in [1.165, 1.54) is 28.7 Å². The van der Waals surface area contributed by atoms with Gasteiger partial charge < -0.3 is 5.32 Å². The van der Waals surface area contributed by atoms with Gasteiger partial charge in [0.05, 0.1) is 0 Å². The number of aryl methyl sites for hydroxylation is 2. The van der Waals surface area contributed by atoms with Crippen molar-refractivity contribution in [2.24, 2.45) is 0 Å². The zero-order chi connectivity index (χ0) is 15.2. The molecule has 112 valence electrons. The lowest BCUT2D eigenvalue weighted by Gasteiger charge is -2.19. The molecule has 0 saturated carbocycles. The molecule has 0 aromatic heterocycles. The van der Waals surface area contributed by atoms with E-state index in [1.54, 1.807) is 0 Å². The standard InChI is InChI=1S/C20H27N/c1-15-10-11-20(17(3)14-15)18(4)21-13-12-16(2)19-8-6-5-7-9-19/h5-11,14,16,18,21H,12-13H2,1-4H3. The first kappa shape index (κ1) is 15.8. The van der Waals surface area contributed by atoms with Gasteiger partial charge in [-0.05, 0) is 56.3 Å². The van der Waals surface area contributed by atoms with Crippen molar-refractivity contribution in [3.63, 3.8) is 0 Å². The highest BCUT2D eigenvalue weighted by atomic mass is 14.9. The van der Waals surface area contributed by atoms with Crippen molar-refractivity contribution in [1.29, 1.82) is 0 Å². The second-order valence-electron chi connectivity index (χ2n) is 6.14. The summed E-state index contributed by atoms with van der Waals surface area (Å²) >= 11 is 0. The van der Waals surface area contributed by atoms with Gasteiger partial charge in [-0.1, -0.05) is 61.0 Å². The fourth-order valence-corrected chi connectivity index (χ4v) is 2.89. The molecule has 0 radical (unpaired) electrons. The highest BCUT2D eigenvalue weighted by molar-refractivity contribution is 5.32. The van der Waals surface area contributed by atoms with Gasteiger partial charge in [-0.15, -0.1) is 0 Å². The van der Waals surface area contributed by atoms with E-state index < -0.39 is 0 Å². The topological polar surface area (TPSA) is 12.0 Å². The molecular weight excluding hydrogens is 254 g/mol. The Morgan fingerprint density at radius 3 is 2.33 bits per heavy atom. The predicted molar refractivity (Wildman–Crippen MR) is 91.8 cm³/mol. The van der Waals surface area contributed by atoms with Crippen molar-refractivity contribution in [2.75, 3.05) is 6.54 Å². The molecule has 1 N–H and O–H groups in total. The van der Waals surface area contributed by atoms with Gasteiger partial charge >= 0.3 is 0 Å². The third kappa shape index (κ3) is 4.44. The molecule has 2 rings (SSSR count). The van der Waals surface area contributed by atoms with E-state index in [9.17, 15) is 0 Å². The third-order valence-electron chi connectivity index (χ3n) is 4.29. The monoisotopic (exact) mass is 281 g/mol. The van der Waals surface area contributed by atoms with Crippen molar-refractivity contribution in [3.05, 3.63) is 70.8 Å². The van der Waals surface area contributed by atoms with E-state index in [1.807, 2.05) is 0 Å². The third-order valence-corrected chi connectivity index (χ3v) is 4.29. The van der Waals surface area contributed by atoms with E-state index in [-0.39, 0.29) is 0 Å². The normalized spacial score (nSPS) is 13.9. The second kappa shape index (κ2) is 7.42. The summed E-state index contributed by atoms with van der Waals surface area (Å²) in [4.78, 5) is 0. The van der Waals surface area contributed by atoms with Gasteiger partial charge in [-0.25, -0.2) is 0 Å². The molecule has 2 atom stereocenters. The fourth-order valence-electron chi connectivity index (χ4n) is 2.89. The molecule has 0 spiro atoms. The first-order valence-corrected chi connectivity index (χ1v) is 7.93. The van der Waals surface area contributed by atoms with Gasteiger partial charge in [0, 0.05) is 6.04 Å². The van der Waals surface area contributed by atoms with Crippen molar-refractivity contribution >= 4 is 0 Å². The summed E-state index contributed by atoms with van der Waals surface area (Å²) in [7, 11) is 0. The number of benzene rings is 2. The van der Waals surface area contributed by atoms with Gasteiger partial charge in [-0.2, -0.15) is 0 Å². The molecule has 1 heteroatoms. The van der Waals surface area contributed by atoms with Crippen LogP contribution >= 0.6 is 0 Å². The molecule has 0 aliphatic heterocycles. The predicted octanol–water partition coefficient (Wildman–Crippen LogP) is 5.15. The molecular formula is C20H27N. The van der Waals surface area contributed by atoms with E-state index in [0.717, 1.165) is 6.54 Å². The Bertz CT molecular complexity index is 559. The molecule has 0 amide bonds. The van der Waals surface area contributed by atoms with Gasteiger partial charge in [0.1, 0.15) is 0 Å². The highest BCUT2D eigenvalue weighted by Crippen LogP contribution is 2.21. The second-order valence-corrected chi connectivity index (χ2v) is 6.14. The minimum absolute atomic E-state index is 0.411. The maximum absolute atomic E-state index is 3.66. The molecule has 2 aromatic rings. The molecule has 2 unspecified atom stereocenters. The lowest BCUT2D eigenvalue weighted by atomic mass is 9.97. The maximum Gasteiger partial charge on any atom is 0.0294 e. The van der Waals surface area contributed by atoms with Crippen molar-refractivity contribution in [3.8, 4) is 0 Å². The summed E-state index contributed by atoms with van der Waals surface area (Å²) in [6.45, 7) is 9.96. The van der Waals surface area contributed by atoms with Gasteiger partial charge in [0.2, 0.25) is 0 Å². The first-order chi connectivity index (χ1) is 10.1. The van der Waals surface area contributed by atoms with Crippen molar-refractivity contribution in [1.82, 2.24) is 5.32 Å². The minimum Gasteiger partial charge on any atom is -0.310 e. The maximum atomic E-state index is 3.66. The van der Waals surface area contributed by atoms with Crippen LogP contribution in [0.5, 0.6) is 0 Å². The van der Waals surface area contributed by atoms with E-state index in [2.05, 4.69) is 81.5 Å². The molecule has 1 nitrogen and oxygen atoms in total. The zero-order valence-corrected chi connectivity index (χ0v) is 13.7. The Kier molecular flexibility index (Phi) is 5.58. The van der Waals surface area contributed by atoms with Crippen molar-refractivity contribution in [2.45, 2.75) is 46.1 Å². The molecule has 0 aliphatic rings. The van der Waals surface area contributed by atoms with E-state index >= 15 is 0 Å². The van der Waals surface area contributed by atoms with Crippen LogP contribution in [0.3, 0.4) is 0 Å². The van der Waals surface area contributed by atoms with Crippen LogP contribution in [0.2, 0.25) is 0 Å². The van der Waals surface area contributed by atoms with Gasteiger partial charge in [0.15, 0.2) is 0 Å². The number of hydrogen-bond acceptors (Lipinski definition) is 1. The average molecular weight is 281 g/mol. The average Bonchev–Trinajstić information content (AvgIpc) is 2.47. The summed E-state index contributed by atoms with van der Waals surface area (Å²) in [6.07, 6.45) is 1.17. The summed E-state index contributed by atoms with van der Waals surface area (Å²) in [5.41, 5.74) is 5.55. The van der Waals surface area contributed by atoms with Crippen LogP contribution < -0.4 is 5.32 Å². The summed E-state index contributed by atoms with van der Waals surface area (Å²) in [5.74, 6) is 0.602. The van der Waals surface area contributed by atoms with Crippen LogP contribution in [0, 0.1) is 13.8 Å². The summed E-state index contributed by atoms with van der Waals surface area (Å²) in [6, 6.07) is 17.9. The molecule has 2 aromatic carbocycles. The summed E-state index contributed by atoms with van der Waals surface area (Å²) < 4.78 is 0. The van der Waals surface area contributed by atoms with Gasteiger partial charge in [-0.3, -0.25) is 0 Å². The molecule has 0 saturated heterocycles. The van der Waals surface area contributed by atoms with Crippen LogP contribution in [-0.4, -0.2) is 6.54 Å². The zero-order valence-electron chi connectivity index (χ0n) is 13.7. The van der Waals surface area contributed by atoms with Crippen LogP contribution in [0.15, 0.2) is 48.5 Å². The van der Waals surface area contributed by atoms with Crippen molar-refractivity contribution < 1.29 is 0 Å². The first-order valence-electron chi connectivity index (χ1n) is 7.93. The Hall–Kier alpha value is -1.60. The van der Waals surface area contributed by atoms with Gasteiger partial charge in [0.25, 0.3) is 0 Å². The number of nitrogens with one attached hydrogen (secondary N) is 1. The Labute approximate surface area is 129 Å². The number of rotatable bonds is 6. The quantitative estimate of drug-likeness (QED) is 0.772. The molecule has 0 bridgehead atoms. The SMILES string of the molecule is Cc1ccc(C(C)NCCC(C)c2ccccc2)c(C)c1. The Balaban J connectivity index is 1.85. The van der Waals surface area contributed by atoms with Crippen LogP contribution in [0.25, 0.3) is 0 Å². The number of hydrogen-bond donors (Lipinski definition) is 1. The molecule has 0 heterocycles. The Morgan fingerprint density at radius 1 is 0.952 bits per heavy atom. The molecule has 21 heavy (non-hydrogen) atoms. The van der Waals surface area contributed by atoms with E-state index in [4.69, 9.17) is 0 Å². The molecule has 0 aliphatic carbocycles. The van der Waals surface area contributed by atoms with E-state index in [0.29, 0.717) is 12.0 Å². The van der Waals surface area contributed by atoms with Crippen LogP contribution in [0.1, 0.15) is 54.5 Å². The molecule has 0 fully saturated rings. The fraction of sp³-hybridized carbons (Fsp3) is 0.400. The van der Waals surface area contributed by atoms with Crippen LogP contribution in [-0.2, 0) is 0 Å². The summed E-state index contributed by atoms with van der Waals surface area (Å²) in [5, 5.41) is 3.66. The smallest absolute Gasteiger partial charge is 0.0294 e. The van der Waals surface area contributed by atoms with Crippen LogP contribution in [0.4, 0.5) is 0 Å². The largest absolute Gasteiger partial charge is 0.310 e. The lowest BCUT2D eigenvalue weighted by Crippen LogP contribution is -2.21. The highest BCUT2D eigenvalue weighted by Gasteiger charge is 2.09.